The molecular formula is C22H21Cl2N3O. The average molecular weight is 414 g/mol. The monoisotopic (exact) mass is 413 g/mol. The number of hydrogen-bond acceptors (Lipinski definition) is 3. The third kappa shape index (κ3) is 3.72. The van der Waals surface area contributed by atoms with Crippen molar-refractivity contribution >= 4 is 40.9 Å². The Hall–Kier alpha value is -2.14. The van der Waals surface area contributed by atoms with Crippen LogP contribution in [0, 0.1) is 5.92 Å². The van der Waals surface area contributed by atoms with E-state index in [1.54, 1.807) is 11.9 Å². The second-order valence-electron chi connectivity index (χ2n) is 7.37. The molecule has 2 aromatic rings. The molecule has 1 amide bonds. The summed E-state index contributed by atoms with van der Waals surface area (Å²) in [4.78, 5) is 14.6. The van der Waals surface area contributed by atoms with Crippen LogP contribution in [-0.4, -0.2) is 41.7 Å². The largest absolute Gasteiger partial charge is 0.301 e. The molecule has 4 rings (SSSR count). The second kappa shape index (κ2) is 7.70. The zero-order valence-electron chi connectivity index (χ0n) is 15.8. The first-order valence-electron chi connectivity index (χ1n) is 9.21. The van der Waals surface area contributed by atoms with Gasteiger partial charge in [-0.15, -0.1) is 0 Å². The highest BCUT2D eigenvalue weighted by atomic mass is 35.5. The smallest absolute Gasteiger partial charge is 0.240 e. The summed E-state index contributed by atoms with van der Waals surface area (Å²) in [5, 5.41) is 7.78. The van der Waals surface area contributed by atoms with Crippen molar-refractivity contribution in [2.45, 2.75) is 13.0 Å². The molecular weight excluding hydrogens is 393 g/mol. The van der Waals surface area contributed by atoms with E-state index < -0.39 is 0 Å². The Kier molecular flexibility index (Phi) is 5.28. The lowest BCUT2D eigenvalue weighted by molar-refractivity contribution is -0.131. The first-order chi connectivity index (χ1) is 13.4. The molecule has 0 saturated carbocycles. The molecule has 2 heterocycles. The Morgan fingerprint density at radius 2 is 1.68 bits per heavy atom. The Labute approximate surface area is 175 Å². The summed E-state index contributed by atoms with van der Waals surface area (Å²) in [5.74, 6) is 0.0534. The first-order valence-corrected chi connectivity index (χ1v) is 9.97. The zero-order chi connectivity index (χ0) is 19.8. The van der Waals surface area contributed by atoms with Crippen molar-refractivity contribution in [3.63, 3.8) is 0 Å². The van der Waals surface area contributed by atoms with Gasteiger partial charge >= 0.3 is 0 Å². The van der Waals surface area contributed by atoms with Gasteiger partial charge < -0.3 is 4.90 Å². The van der Waals surface area contributed by atoms with Crippen molar-refractivity contribution in [3.05, 3.63) is 75.3 Å². The molecule has 0 bridgehead atoms. The molecule has 0 aliphatic carbocycles. The number of hydrazone groups is 1. The lowest BCUT2D eigenvalue weighted by Crippen LogP contribution is -2.42. The topological polar surface area (TPSA) is 35.9 Å². The SMILES string of the molecule is CC(=O)N1N=C2/C(=C/c3ccc(Cl)cc3)CN(C)CC2C1c1ccc(Cl)cc1. The minimum absolute atomic E-state index is 0.0599. The molecule has 6 heteroatoms. The highest BCUT2D eigenvalue weighted by Gasteiger charge is 2.44. The standard InChI is InChI=1S/C22H21Cl2N3O/c1-14(28)27-22(16-5-9-19(24)10-6-16)20-13-26(2)12-17(21(20)25-27)11-15-3-7-18(23)8-4-15/h3-11,20,22H,12-13H2,1-2H3/b17-11+. The number of amides is 1. The van der Waals surface area contributed by atoms with E-state index in [1.807, 2.05) is 48.5 Å². The van der Waals surface area contributed by atoms with E-state index in [-0.39, 0.29) is 17.9 Å². The van der Waals surface area contributed by atoms with Gasteiger partial charge in [0.25, 0.3) is 0 Å². The van der Waals surface area contributed by atoms with E-state index in [9.17, 15) is 4.79 Å². The fourth-order valence-corrected chi connectivity index (χ4v) is 4.26. The van der Waals surface area contributed by atoms with Gasteiger partial charge in [-0.2, -0.15) is 5.10 Å². The van der Waals surface area contributed by atoms with Gasteiger partial charge in [0.05, 0.1) is 11.8 Å². The van der Waals surface area contributed by atoms with E-state index in [4.69, 9.17) is 28.3 Å². The van der Waals surface area contributed by atoms with Crippen LogP contribution in [-0.2, 0) is 4.79 Å². The average Bonchev–Trinajstić information content (AvgIpc) is 3.04. The number of nitrogens with zero attached hydrogens (tertiary/aromatic N) is 3. The Morgan fingerprint density at radius 1 is 1.07 bits per heavy atom. The van der Waals surface area contributed by atoms with Gasteiger partial charge in [-0.3, -0.25) is 4.79 Å². The number of hydrogen-bond donors (Lipinski definition) is 0. The summed E-state index contributed by atoms with van der Waals surface area (Å²) < 4.78 is 0. The van der Waals surface area contributed by atoms with E-state index >= 15 is 0 Å². The van der Waals surface area contributed by atoms with Crippen LogP contribution in [0.4, 0.5) is 0 Å². The van der Waals surface area contributed by atoms with E-state index in [0.29, 0.717) is 10.0 Å². The highest BCUT2D eigenvalue weighted by Crippen LogP contribution is 2.41. The van der Waals surface area contributed by atoms with Gasteiger partial charge in [0.1, 0.15) is 0 Å². The molecule has 2 aliphatic rings. The van der Waals surface area contributed by atoms with Crippen LogP contribution in [0.3, 0.4) is 0 Å². The van der Waals surface area contributed by atoms with Crippen LogP contribution in [0.25, 0.3) is 6.08 Å². The quantitative estimate of drug-likeness (QED) is 0.701. The molecule has 2 unspecified atom stereocenters. The summed E-state index contributed by atoms with van der Waals surface area (Å²) in [6, 6.07) is 15.3. The number of likely N-dealkylation sites (tertiary alicyclic amines) is 1. The van der Waals surface area contributed by atoms with Crippen molar-refractivity contribution in [2.75, 3.05) is 20.1 Å². The summed E-state index contributed by atoms with van der Waals surface area (Å²) >= 11 is 12.1. The van der Waals surface area contributed by atoms with Crippen LogP contribution in [0.15, 0.2) is 59.2 Å². The molecule has 144 valence electrons. The predicted molar refractivity (Wildman–Crippen MR) is 115 cm³/mol. The lowest BCUT2D eigenvalue weighted by atomic mass is 9.83. The zero-order valence-corrected chi connectivity index (χ0v) is 17.3. The number of carbonyl (C=O) groups excluding carboxylic acids is 1. The van der Waals surface area contributed by atoms with Gasteiger partial charge in [-0.05, 0) is 54.1 Å². The Balaban J connectivity index is 1.75. The Bertz CT molecular complexity index is 951. The number of piperidine rings is 1. The van der Waals surface area contributed by atoms with Crippen LogP contribution in [0.2, 0.25) is 10.0 Å². The van der Waals surface area contributed by atoms with Gasteiger partial charge in [-0.25, -0.2) is 5.01 Å². The predicted octanol–water partition coefficient (Wildman–Crippen LogP) is 4.90. The van der Waals surface area contributed by atoms with Crippen molar-refractivity contribution in [1.82, 2.24) is 9.91 Å². The second-order valence-corrected chi connectivity index (χ2v) is 8.24. The molecule has 2 aliphatic heterocycles. The van der Waals surface area contributed by atoms with Crippen LogP contribution < -0.4 is 0 Å². The third-order valence-corrected chi connectivity index (χ3v) is 5.74. The molecule has 1 saturated heterocycles. The van der Waals surface area contributed by atoms with Crippen LogP contribution in [0.5, 0.6) is 0 Å². The minimum Gasteiger partial charge on any atom is -0.301 e. The van der Waals surface area contributed by atoms with Crippen LogP contribution in [0.1, 0.15) is 24.1 Å². The molecule has 1 fully saturated rings. The molecule has 0 N–H and O–H groups in total. The molecule has 4 nitrogen and oxygen atoms in total. The number of likely N-dealkylation sites (N-methyl/N-ethyl adjacent to an activating group) is 1. The summed E-state index contributed by atoms with van der Waals surface area (Å²) in [6.07, 6.45) is 2.14. The fraction of sp³-hybridized carbons (Fsp3) is 0.273. The molecule has 28 heavy (non-hydrogen) atoms. The van der Waals surface area contributed by atoms with Gasteiger partial charge in [-0.1, -0.05) is 47.5 Å². The highest BCUT2D eigenvalue weighted by molar-refractivity contribution is 6.30. The number of halogens is 2. The minimum atomic E-state index is -0.124. The van der Waals surface area contributed by atoms with Gasteiger partial charge in [0, 0.05) is 36.0 Å². The molecule has 2 atom stereocenters. The number of benzene rings is 2. The maximum atomic E-state index is 12.4. The maximum absolute atomic E-state index is 12.4. The van der Waals surface area contributed by atoms with Crippen molar-refractivity contribution in [3.8, 4) is 0 Å². The maximum Gasteiger partial charge on any atom is 0.240 e. The third-order valence-electron chi connectivity index (χ3n) is 5.23. The summed E-state index contributed by atoms with van der Waals surface area (Å²) in [7, 11) is 2.10. The van der Waals surface area contributed by atoms with E-state index in [2.05, 4.69) is 18.0 Å². The number of fused-ring (bicyclic) bond motifs is 1. The first kappa shape index (κ1) is 19.2. The van der Waals surface area contributed by atoms with Crippen molar-refractivity contribution in [1.29, 1.82) is 0 Å². The molecule has 0 aromatic heterocycles. The lowest BCUT2D eigenvalue weighted by Gasteiger charge is -2.34. The molecule has 0 radical (unpaired) electrons. The van der Waals surface area contributed by atoms with Crippen molar-refractivity contribution in [2.24, 2.45) is 11.0 Å². The van der Waals surface area contributed by atoms with E-state index in [0.717, 1.165) is 35.5 Å². The number of carbonyl (C=O) groups is 1. The number of rotatable bonds is 2. The van der Waals surface area contributed by atoms with Crippen LogP contribution >= 0.6 is 23.2 Å². The normalized spacial score (nSPS) is 23.6. The van der Waals surface area contributed by atoms with Gasteiger partial charge in [0.15, 0.2) is 0 Å². The van der Waals surface area contributed by atoms with Crippen molar-refractivity contribution < 1.29 is 4.79 Å². The van der Waals surface area contributed by atoms with E-state index in [1.165, 1.54) is 0 Å². The molecule has 2 aromatic carbocycles. The van der Waals surface area contributed by atoms with Gasteiger partial charge in [0.2, 0.25) is 5.91 Å². The Morgan fingerprint density at radius 3 is 2.29 bits per heavy atom. The fourth-order valence-electron chi connectivity index (χ4n) is 4.01. The summed E-state index contributed by atoms with van der Waals surface area (Å²) in [5.41, 5.74) is 4.23. The molecule has 0 spiro atoms. The summed E-state index contributed by atoms with van der Waals surface area (Å²) in [6.45, 7) is 3.20.